The summed E-state index contributed by atoms with van der Waals surface area (Å²) in [5.74, 6) is 0.299. The van der Waals surface area contributed by atoms with E-state index in [0.29, 0.717) is 24.5 Å². The van der Waals surface area contributed by atoms with Gasteiger partial charge in [0.2, 0.25) is 5.82 Å². The van der Waals surface area contributed by atoms with Gasteiger partial charge in [-0.3, -0.25) is 15.0 Å². The number of aliphatic hydroxyl groups excluding tert-OH is 1. The van der Waals surface area contributed by atoms with E-state index in [1.54, 1.807) is 31.1 Å². The number of rotatable bonds is 6. The second-order valence-corrected chi connectivity index (χ2v) is 6.20. The predicted molar refractivity (Wildman–Crippen MR) is 88.8 cm³/mol. The van der Waals surface area contributed by atoms with Crippen molar-refractivity contribution in [3.63, 3.8) is 0 Å². The Morgan fingerprint density at radius 2 is 2.09 bits per heavy atom. The minimum absolute atomic E-state index is 0.00166. The number of nitrogens with zero attached hydrogens (tertiary/aromatic N) is 5. The van der Waals surface area contributed by atoms with Gasteiger partial charge < -0.3 is 14.9 Å². The van der Waals surface area contributed by atoms with Crippen molar-refractivity contribution < 1.29 is 10.0 Å². The highest BCUT2D eigenvalue weighted by molar-refractivity contribution is 5.61. The molecule has 1 aromatic heterocycles. The van der Waals surface area contributed by atoms with Gasteiger partial charge in [0.1, 0.15) is 0 Å². The van der Waals surface area contributed by atoms with E-state index in [0.717, 1.165) is 26.2 Å². The Morgan fingerprint density at radius 3 is 2.70 bits per heavy atom. The highest BCUT2D eigenvalue weighted by atomic mass is 16.6. The molecule has 0 aliphatic carbocycles. The van der Waals surface area contributed by atoms with Gasteiger partial charge in [0.05, 0.1) is 11.0 Å². The standard InChI is InChI=1S/C15H25N5O3/c1-12-4-5-16-15(14(12)20(22)23)18(3)10-13(21)11-19-8-6-17(2)7-9-19/h4-5,13,21H,6-11H2,1-3H3. The van der Waals surface area contributed by atoms with E-state index in [2.05, 4.69) is 21.8 Å². The molecule has 1 saturated heterocycles. The molecule has 0 amide bonds. The monoisotopic (exact) mass is 323 g/mol. The van der Waals surface area contributed by atoms with E-state index in [9.17, 15) is 15.2 Å². The fourth-order valence-corrected chi connectivity index (χ4v) is 2.83. The van der Waals surface area contributed by atoms with Gasteiger partial charge in [0, 0.05) is 58.1 Å². The number of aliphatic hydroxyl groups is 1. The third kappa shape index (κ3) is 4.60. The van der Waals surface area contributed by atoms with Crippen molar-refractivity contribution in [1.29, 1.82) is 0 Å². The average molecular weight is 323 g/mol. The van der Waals surface area contributed by atoms with Crippen molar-refractivity contribution in [3.05, 3.63) is 27.9 Å². The number of likely N-dealkylation sites (N-methyl/N-ethyl adjacent to an activating group) is 2. The Hall–Kier alpha value is -1.77. The van der Waals surface area contributed by atoms with E-state index < -0.39 is 11.0 Å². The minimum atomic E-state index is -0.578. The van der Waals surface area contributed by atoms with Crippen LogP contribution < -0.4 is 4.90 Å². The Balaban J connectivity index is 1.97. The summed E-state index contributed by atoms with van der Waals surface area (Å²) < 4.78 is 0. The van der Waals surface area contributed by atoms with Crippen LogP contribution in [0.3, 0.4) is 0 Å². The molecule has 0 aromatic carbocycles. The normalized spacial score (nSPS) is 17.9. The highest BCUT2D eigenvalue weighted by Gasteiger charge is 2.24. The summed E-state index contributed by atoms with van der Waals surface area (Å²) in [6.07, 6.45) is 0.978. The number of β-amino-alcohol motifs (C(OH)–C–C–N with tert-alkyl or cyclic N) is 1. The third-order valence-electron chi connectivity index (χ3n) is 4.20. The van der Waals surface area contributed by atoms with Gasteiger partial charge in [-0.15, -0.1) is 0 Å². The predicted octanol–water partition coefficient (Wildman–Crippen LogP) is 0.343. The molecule has 1 aliphatic heterocycles. The first-order chi connectivity index (χ1) is 10.9. The van der Waals surface area contributed by atoms with Crippen molar-refractivity contribution in [2.45, 2.75) is 13.0 Å². The molecule has 8 nitrogen and oxygen atoms in total. The van der Waals surface area contributed by atoms with Crippen LogP contribution >= 0.6 is 0 Å². The van der Waals surface area contributed by atoms with Crippen molar-refractivity contribution in [1.82, 2.24) is 14.8 Å². The number of hydrogen-bond donors (Lipinski definition) is 1. The number of nitro groups is 1. The van der Waals surface area contributed by atoms with E-state index in [-0.39, 0.29) is 5.69 Å². The highest BCUT2D eigenvalue weighted by Crippen LogP contribution is 2.28. The molecular formula is C15H25N5O3. The van der Waals surface area contributed by atoms with Gasteiger partial charge in [0.15, 0.2) is 0 Å². The molecule has 1 aliphatic rings. The lowest BCUT2D eigenvalue weighted by Crippen LogP contribution is -2.48. The fraction of sp³-hybridized carbons (Fsp3) is 0.667. The lowest BCUT2D eigenvalue weighted by molar-refractivity contribution is -0.384. The van der Waals surface area contributed by atoms with Gasteiger partial charge in [0.25, 0.3) is 0 Å². The van der Waals surface area contributed by atoms with Crippen LogP contribution in [-0.2, 0) is 0 Å². The Kier molecular flexibility index (Phi) is 5.86. The largest absolute Gasteiger partial charge is 0.390 e. The molecule has 8 heteroatoms. The second-order valence-electron chi connectivity index (χ2n) is 6.20. The van der Waals surface area contributed by atoms with Gasteiger partial charge in [-0.05, 0) is 20.0 Å². The van der Waals surface area contributed by atoms with Crippen molar-refractivity contribution >= 4 is 11.5 Å². The zero-order valence-electron chi connectivity index (χ0n) is 14.0. The molecule has 0 spiro atoms. The smallest absolute Gasteiger partial charge is 0.314 e. The zero-order valence-corrected chi connectivity index (χ0v) is 14.0. The summed E-state index contributed by atoms with van der Waals surface area (Å²) in [5.41, 5.74) is 0.571. The van der Waals surface area contributed by atoms with Crippen LogP contribution in [0.5, 0.6) is 0 Å². The van der Waals surface area contributed by atoms with Crippen LogP contribution in [0.15, 0.2) is 12.3 Å². The second kappa shape index (κ2) is 7.67. The summed E-state index contributed by atoms with van der Waals surface area (Å²) in [6, 6.07) is 1.62. The van der Waals surface area contributed by atoms with Crippen LogP contribution in [-0.4, -0.2) is 84.3 Å². The van der Waals surface area contributed by atoms with Crippen LogP contribution in [0, 0.1) is 17.0 Å². The SMILES string of the molecule is Cc1ccnc(N(C)CC(O)CN2CCN(C)CC2)c1[N+](=O)[O-]. The first kappa shape index (κ1) is 17.6. The molecule has 1 aromatic rings. The molecule has 128 valence electrons. The number of pyridine rings is 1. The molecule has 2 heterocycles. The lowest BCUT2D eigenvalue weighted by atomic mass is 10.2. The zero-order chi connectivity index (χ0) is 17.0. The maximum absolute atomic E-state index is 11.2. The molecule has 1 fully saturated rings. The molecule has 0 radical (unpaired) electrons. The molecule has 1 N–H and O–H groups in total. The molecule has 23 heavy (non-hydrogen) atoms. The number of aryl methyl sites for hydroxylation is 1. The van der Waals surface area contributed by atoms with Gasteiger partial charge in [-0.1, -0.05) is 0 Å². The summed E-state index contributed by atoms with van der Waals surface area (Å²) in [6.45, 7) is 6.42. The van der Waals surface area contributed by atoms with E-state index in [1.807, 2.05) is 0 Å². The van der Waals surface area contributed by atoms with Crippen LogP contribution in [0.25, 0.3) is 0 Å². The maximum atomic E-state index is 11.2. The third-order valence-corrected chi connectivity index (χ3v) is 4.20. The minimum Gasteiger partial charge on any atom is -0.390 e. The fourth-order valence-electron chi connectivity index (χ4n) is 2.83. The van der Waals surface area contributed by atoms with Crippen molar-refractivity contribution in [2.24, 2.45) is 0 Å². The van der Waals surface area contributed by atoms with E-state index in [4.69, 9.17) is 0 Å². The van der Waals surface area contributed by atoms with Crippen LogP contribution in [0.2, 0.25) is 0 Å². The summed E-state index contributed by atoms with van der Waals surface area (Å²) in [4.78, 5) is 21.1. The number of hydrogen-bond acceptors (Lipinski definition) is 7. The number of anilines is 1. The van der Waals surface area contributed by atoms with Crippen LogP contribution in [0.4, 0.5) is 11.5 Å². The average Bonchev–Trinajstić information content (AvgIpc) is 2.48. The van der Waals surface area contributed by atoms with E-state index in [1.165, 1.54) is 0 Å². The molecule has 1 atom stereocenters. The Labute approximate surface area is 136 Å². The number of piperazine rings is 1. The molecular weight excluding hydrogens is 298 g/mol. The Morgan fingerprint density at radius 1 is 1.43 bits per heavy atom. The molecule has 2 rings (SSSR count). The summed E-state index contributed by atoms with van der Waals surface area (Å²) in [7, 11) is 3.81. The first-order valence-corrected chi connectivity index (χ1v) is 7.78. The molecule has 0 bridgehead atoms. The Bertz CT molecular complexity index is 546. The number of aromatic nitrogens is 1. The van der Waals surface area contributed by atoms with Crippen molar-refractivity contribution in [2.75, 3.05) is 58.3 Å². The summed E-state index contributed by atoms with van der Waals surface area (Å²) >= 11 is 0. The van der Waals surface area contributed by atoms with E-state index >= 15 is 0 Å². The maximum Gasteiger partial charge on any atom is 0.314 e. The molecule has 1 unspecified atom stereocenters. The van der Waals surface area contributed by atoms with Gasteiger partial charge in [-0.2, -0.15) is 0 Å². The summed E-state index contributed by atoms with van der Waals surface area (Å²) in [5, 5.41) is 21.5. The first-order valence-electron chi connectivity index (χ1n) is 7.78. The van der Waals surface area contributed by atoms with Gasteiger partial charge >= 0.3 is 5.69 Å². The topological polar surface area (TPSA) is 86.0 Å². The van der Waals surface area contributed by atoms with Gasteiger partial charge in [-0.25, -0.2) is 4.98 Å². The van der Waals surface area contributed by atoms with Crippen LogP contribution in [0.1, 0.15) is 5.56 Å². The van der Waals surface area contributed by atoms with Crippen molar-refractivity contribution in [3.8, 4) is 0 Å². The lowest BCUT2D eigenvalue weighted by Gasteiger charge is -2.34. The molecule has 0 saturated carbocycles. The quantitative estimate of drug-likeness (QED) is 0.597.